The lowest BCUT2D eigenvalue weighted by atomic mass is 10.3. The molecule has 0 radical (unpaired) electrons. The van der Waals surface area contributed by atoms with Crippen LogP contribution in [0.2, 0.25) is 0 Å². The Labute approximate surface area is 117 Å². The topological polar surface area (TPSA) is 80.3 Å². The fourth-order valence-corrected chi connectivity index (χ4v) is 1.63. The van der Waals surface area contributed by atoms with E-state index in [1.54, 1.807) is 12.1 Å². The number of nitrogens with zero attached hydrogens (tertiary/aromatic N) is 1. The van der Waals surface area contributed by atoms with Gasteiger partial charge in [0, 0.05) is 18.0 Å². The van der Waals surface area contributed by atoms with E-state index in [-0.39, 0.29) is 30.4 Å². The molecule has 1 aromatic heterocycles. The Morgan fingerprint density at radius 3 is 2.70 bits per heavy atom. The number of hydrogen-bond acceptors (Lipinski definition) is 4. The number of nitrogens with one attached hydrogen (secondary N) is 2. The SMILES string of the molecule is CC(C)NC(=O)COc1ccc(NC(=O)C2CC2)cn1. The van der Waals surface area contributed by atoms with Crippen molar-refractivity contribution in [1.82, 2.24) is 10.3 Å². The number of anilines is 1. The van der Waals surface area contributed by atoms with Crippen LogP contribution in [0.1, 0.15) is 26.7 Å². The summed E-state index contributed by atoms with van der Waals surface area (Å²) < 4.78 is 5.25. The van der Waals surface area contributed by atoms with Crippen molar-refractivity contribution in [2.45, 2.75) is 32.7 Å². The number of aromatic nitrogens is 1. The summed E-state index contributed by atoms with van der Waals surface area (Å²) in [6, 6.07) is 3.42. The van der Waals surface area contributed by atoms with Crippen LogP contribution in [-0.4, -0.2) is 29.4 Å². The maximum Gasteiger partial charge on any atom is 0.258 e. The normalized spacial score (nSPS) is 13.9. The van der Waals surface area contributed by atoms with Gasteiger partial charge in [0.2, 0.25) is 11.8 Å². The van der Waals surface area contributed by atoms with Gasteiger partial charge in [0.15, 0.2) is 6.61 Å². The molecule has 0 atom stereocenters. The molecule has 20 heavy (non-hydrogen) atoms. The zero-order valence-electron chi connectivity index (χ0n) is 11.7. The summed E-state index contributed by atoms with van der Waals surface area (Å²) in [5, 5.41) is 5.51. The quantitative estimate of drug-likeness (QED) is 0.822. The molecule has 0 bridgehead atoms. The number of carbonyl (C=O) groups excluding carboxylic acids is 2. The van der Waals surface area contributed by atoms with Gasteiger partial charge in [-0.1, -0.05) is 0 Å². The van der Waals surface area contributed by atoms with Crippen molar-refractivity contribution in [1.29, 1.82) is 0 Å². The average molecular weight is 277 g/mol. The van der Waals surface area contributed by atoms with Crippen molar-refractivity contribution < 1.29 is 14.3 Å². The van der Waals surface area contributed by atoms with Gasteiger partial charge < -0.3 is 15.4 Å². The smallest absolute Gasteiger partial charge is 0.258 e. The van der Waals surface area contributed by atoms with Gasteiger partial charge >= 0.3 is 0 Å². The van der Waals surface area contributed by atoms with Crippen LogP contribution in [-0.2, 0) is 9.59 Å². The minimum absolute atomic E-state index is 0.0387. The second-order valence-electron chi connectivity index (χ2n) is 5.16. The highest BCUT2D eigenvalue weighted by molar-refractivity contribution is 5.93. The van der Waals surface area contributed by atoms with E-state index < -0.39 is 0 Å². The Bertz CT molecular complexity index is 481. The van der Waals surface area contributed by atoms with Crippen LogP contribution in [0.25, 0.3) is 0 Å². The van der Waals surface area contributed by atoms with Crippen LogP contribution in [0.3, 0.4) is 0 Å². The van der Waals surface area contributed by atoms with Crippen molar-refractivity contribution >= 4 is 17.5 Å². The van der Waals surface area contributed by atoms with Crippen molar-refractivity contribution in [3.63, 3.8) is 0 Å². The summed E-state index contributed by atoms with van der Waals surface area (Å²) in [4.78, 5) is 27.0. The third kappa shape index (κ3) is 4.53. The Kier molecular flexibility index (Phi) is 4.55. The summed E-state index contributed by atoms with van der Waals surface area (Å²) in [6.07, 6.45) is 3.45. The largest absolute Gasteiger partial charge is 0.468 e. The van der Waals surface area contributed by atoms with E-state index in [0.29, 0.717) is 11.6 Å². The van der Waals surface area contributed by atoms with Crippen LogP contribution in [0.5, 0.6) is 5.88 Å². The lowest BCUT2D eigenvalue weighted by Crippen LogP contribution is -2.34. The monoisotopic (exact) mass is 277 g/mol. The molecule has 1 heterocycles. The van der Waals surface area contributed by atoms with Gasteiger partial charge in [-0.2, -0.15) is 0 Å². The highest BCUT2D eigenvalue weighted by Crippen LogP contribution is 2.30. The molecule has 1 saturated carbocycles. The predicted molar refractivity (Wildman–Crippen MR) is 74.4 cm³/mol. The van der Waals surface area contributed by atoms with Gasteiger partial charge in [-0.3, -0.25) is 9.59 Å². The zero-order chi connectivity index (χ0) is 14.5. The molecule has 6 nitrogen and oxygen atoms in total. The third-order valence-corrected chi connectivity index (χ3v) is 2.75. The molecule has 1 aliphatic carbocycles. The predicted octanol–water partition coefficient (Wildman–Crippen LogP) is 1.33. The van der Waals surface area contributed by atoms with Crippen molar-refractivity contribution in [3.8, 4) is 5.88 Å². The summed E-state index contributed by atoms with van der Waals surface area (Å²) in [5.41, 5.74) is 0.640. The highest BCUT2D eigenvalue weighted by Gasteiger charge is 2.29. The molecule has 0 spiro atoms. The van der Waals surface area contributed by atoms with E-state index in [2.05, 4.69) is 15.6 Å². The lowest BCUT2D eigenvalue weighted by molar-refractivity contribution is -0.123. The molecular formula is C14H19N3O3. The Morgan fingerprint density at radius 1 is 1.40 bits per heavy atom. The molecular weight excluding hydrogens is 258 g/mol. The summed E-state index contributed by atoms with van der Waals surface area (Å²) in [5.74, 6) is 0.365. The maximum atomic E-state index is 11.6. The highest BCUT2D eigenvalue weighted by atomic mass is 16.5. The molecule has 108 valence electrons. The van der Waals surface area contributed by atoms with Gasteiger partial charge in [0.05, 0.1) is 11.9 Å². The van der Waals surface area contributed by atoms with Gasteiger partial charge in [-0.25, -0.2) is 4.98 Å². The van der Waals surface area contributed by atoms with E-state index in [4.69, 9.17) is 4.74 Å². The van der Waals surface area contributed by atoms with Crippen molar-refractivity contribution in [2.24, 2.45) is 5.92 Å². The Balaban J connectivity index is 1.78. The van der Waals surface area contributed by atoms with Gasteiger partial charge in [-0.15, -0.1) is 0 Å². The van der Waals surface area contributed by atoms with E-state index in [9.17, 15) is 9.59 Å². The molecule has 6 heteroatoms. The number of amides is 2. The number of ether oxygens (including phenoxy) is 1. The maximum absolute atomic E-state index is 11.6. The van der Waals surface area contributed by atoms with Crippen LogP contribution in [0.15, 0.2) is 18.3 Å². The Hall–Kier alpha value is -2.11. The van der Waals surface area contributed by atoms with E-state index >= 15 is 0 Å². The molecule has 1 fully saturated rings. The number of carbonyl (C=O) groups is 2. The average Bonchev–Trinajstić information content (AvgIpc) is 3.21. The molecule has 0 aromatic carbocycles. The van der Waals surface area contributed by atoms with Gasteiger partial charge in [0.25, 0.3) is 5.91 Å². The molecule has 0 saturated heterocycles. The first-order valence-electron chi connectivity index (χ1n) is 6.73. The molecule has 2 N–H and O–H groups in total. The molecule has 1 aliphatic rings. The summed E-state index contributed by atoms with van der Waals surface area (Å²) >= 11 is 0. The van der Waals surface area contributed by atoms with Crippen LogP contribution >= 0.6 is 0 Å². The molecule has 2 rings (SSSR count). The Morgan fingerprint density at radius 2 is 2.15 bits per heavy atom. The van der Waals surface area contributed by atoms with Gasteiger partial charge in [-0.05, 0) is 32.8 Å². The van der Waals surface area contributed by atoms with Gasteiger partial charge in [0.1, 0.15) is 0 Å². The fraction of sp³-hybridized carbons (Fsp3) is 0.500. The first-order valence-corrected chi connectivity index (χ1v) is 6.73. The molecule has 0 unspecified atom stereocenters. The van der Waals surface area contributed by atoms with Crippen molar-refractivity contribution in [3.05, 3.63) is 18.3 Å². The van der Waals surface area contributed by atoms with Crippen molar-refractivity contribution in [2.75, 3.05) is 11.9 Å². The molecule has 1 aromatic rings. The molecule has 2 amide bonds. The van der Waals surface area contributed by atoms with Crippen LogP contribution in [0.4, 0.5) is 5.69 Å². The second-order valence-corrected chi connectivity index (χ2v) is 5.16. The van der Waals surface area contributed by atoms with E-state index in [0.717, 1.165) is 12.8 Å². The van der Waals surface area contributed by atoms with Crippen LogP contribution in [0, 0.1) is 5.92 Å². The number of hydrogen-bond donors (Lipinski definition) is 2. The van der Waals surface area contributed by atoms with E-state index in [1.165, 1.54) is 6.20 Å². The molecule has 0 aliphatic heterocycles. The van der Waals surface area contributed by atoms with Crippen LogP contribution < -0.4 is 15.4 Å². The minimum atomic E-state index is -0.187. The lowest BCUT2D eigenvalue weighted by Gasteiger charge is -2.09. The standard InChI is InChI=1S/C14H19N3O3/c1-9(2)16-12(18)8-20-13-6-5-11(7-15-13)17-14(19)10-3-4-10/h5-7,9-10H,3-4,8H2,1-2H3,(H,16,18)(H,17,19). The fourth-order valence-electron chi connectivity index (χ4n) is 1.63. The summed E-state index contributed by atoms with van der Waals surface area (Å²) in [7, 11) is 0. The first-order chi connectivity index (χ1) is 9.54. The first kappa shape index (κ1) is 14.3. The minimum Gasteiger partial charge on any atom is -0.468 e. The number of rotatable bonds is 6. The summed E-state index contributed by atoms with van der Waals surface area (Å²) in [6.45, 7) is 3.69. The number of pyridine rings is 1. The third-order valence-electron chi connectivity index (χ3n) is 2.75. The zero-order valence-corrected chi connectivity index (χ0v) is 11.7. The van der Waals surface area contributed by atoms with E-state index in [1.807, 2.05) is 13.8 Å². The second kappa shape index (κ2) is 6.36.